The fourth-order valence-electron chi connectivity index (χ4n) is 2.63. The Morgan fingerprint density at radius 2 is 2.15 bits per heavy atom. The van der Waals surface area contributed by atoms with Gasteiger partial charge in [-0.2, -0.15) is 5.26 Å². The van der Waals surface area contributed by atoms with Crippen LogP contribution in [0.25, 0.3) is 0 Å². The van der Waals surface area contributed by atoms with Gasteiger partial charge in [0.1, 0.15) is 5.75 Å². The quantitative estimate of drug-likeness (QED) is 0.784. The smallest absolute Gasteiger partial charge is 0.299 e. The number of carbonyl (C=O) groups is 2. The number of hydrogen-bond acceptors (Lipinski definition) is 4. The van der Waals surface area contributed by atoms with Crippen LogP contribution in [-0.2, 0) is 4.79 Å². The van der Waals surface area contributed by atoms with E-state index in [0.717, 1.165) is 12.8 Å². The Hall–Kier alpha value is -2.35. The zero-order valence-corrected chi connectivity index (χ0v) is 11.2. The molecule has 2 aliphatic rings. The Labute approximate surface area is 116 Å². The third kappa shape index (κ3) is 1.85. The Balaban J connectivity index is 1.93. The van der Waals surface area contributed by atoms with E-state index in [9.17, 15) is 9.59 Å². The van der Waals surface area contributed by atoms with E-state index in [0.29, 0.717) is 30.0 Å². The first kappa shape index (κ1) is 12.7. The highest BCUT2D eigenvalue weighted by atomic mass is 16.5. The van der Waals surface area contributed by atoms with Gasteiger partial charge in [0.2, 0.25) is 0 Å². The third-order valence-electron chi connectivity index (χ3n) is 4.08. The summed E-state index contributed by atoms with van der Waals surface area (Å²) >= 11 is 0. The molecule has 0 N–H and O–H groups in total. The largest absolute Gasteiger partial charge is 0.497 e. The lowest BCUT2D eigenvalue weighted by Gasteiger charge is -2.21. The van der Waals surface area contributed by atoms with Gasteiger partial charge in [0, 0.05) is 18.4 Å². The number of benzene rings is 1. The van der Waals surface area contributed by atoms with Crippen LogP contribution in [0.1, 0.15) is 29.6 Å². The van der Waals surface area contributed by atoms with Crippen molar-refractivity contribution in [2.45, 2.75) is 19.3 Å². The van der Waals surface area contributed by atoms with E-state index in [2.05, 4.69) is 6.07 Å². The Bertz CT molecular complexity index is 641. The van der Waals surface area contributed by atoms with Crippen LogP contribution in [0.4, 0.5) is 5.69 Å². The molecule has 1 aromatic carbocycles. The number of carbonyl (C=O) groups excluding carboxylic acids is 2. The maximum absolute atomic E-state index is 12.1. The summed E-state index contributed by atoms with van der Waals surface area (Å²) in [5.41, 5.74) is 0.902. The molecule has 20 heavy (non-hydrogen) atoms. The summed E-state index contributed by atoms with van der Waals surface area (Å²) in [6.45, 7) is 0.449. The van der Waals surface area contributed by atoms with Crippen molar-refractivity contribution in [2.24, 2.45) is 5.41 Å². The maximum Gasteiger partial charge on any atom is 0.299 e. The first-order valence-electron chi connectivity index (χ1n) is 6.51. The summed E-state index contributed by atoms with van der Waals surface area (Å²) in [6.07, 6.45) is 2.30. The zero-order valence-electron chi connectivity index (χ0n) is 11.2. The number of fused-ring (bicyclic) bond motifs is 1. The second-order valence-corrected chi connectivity index (χ2v) is 5.44. The highest BCUT2D eigenvalue weighted by Crippen LogP contribution is 2.50. The first-order valence-corrected chi connectivity index (χ1v) is 6.51. The van der Waals surface area contributed by atoms with Gasteiger partial charge in [-0.25, -0.2) is 0 Å². The maximum atomic E-state index is 12.1. The van der Waals surface area contributed by atoms with E-state index in [1.54, 1.807) is 18.2 Å². The Morgan fingerprint density at radius 1 is 1.40 bits per heavy atom. The fourth-order valence-corrected chi connectivity index (χ4v) is 2.63. The van der Waals surface area contributed by atoms with Crippen LogP contribution in [0.2, 0.25) is 0 Å². The van der Waals surface area contributed by atoms with Gasteiger partial charge in [-0.3, -0.25) is 9.59 Å². The van der Waals surface area contributed by atoms with Gasteiger partial charge < -0.3 is 9.64 Å². The number of anilines is 1. The molecule has 5 nitrogen and oxygen atoms in total. The molecule has 0 bridgehead atoms. The zero-order chi connectivity index (χ0) is 14.3. The molecule has 1 fully saturated rings. The van der Waals surface area contributed by atoms with Gasteiger partial charge in [-0.15, -0.1) is 0 Å². The average molecular weight is 270 g/mol. The average Bonchev–Trinajstić information content (AvgIpc) is 3.18. The molecule has 0 atom stereocenters. The van der Waals surface area contributed by atoms with Crippen LogP contribution >= 0.6 is 0 Å². The van der Waals surface area contributed by atoms with E-state index in [4.69, 9.17) is 10.00 Å². The fraction of sp³-hybridized carbons (Fsp3) is 0.400. The highest BCUT2D eigenvalue weighted by molar-refractivity contribution is 6.52. The number of methoxy groups -OCH3 is 1. The van der Waals surface area contributed by atoms with E-state index in [1.807, 2.05) is 0 Å². The van der Waals surface area contributed by atoms with E-state index in [-0.39, 0.29) is 5.41 Å². The van der Waals surface area contributed by atoms with Crippen molar-refractivity contribution in [1.29, 1.82) is 5.26 Å². The van der Waals surface area contributed by atoms with Crippen LogP contribution in [0, 0.1) is 16.7 Å². The Morgan fingerprint density at radius 3 is 2.75 bits per heavy atom. The van der Waals surface area contributed by atoms with Crippen molar-refractivity contribution < 1.29 is 14.3 Å². The van der Waals surface area contributed by atoms with E-state index < -0.39 is 11.7 Å². The summed E-state index contributed by atoms with van der Waals surface area (Å²) in [4.78, 5) is 25.7. The minimum Gasteiger partial charge on any atom is -0.497 e. The molecular weight excluding hydrogens is 256 g/mol. The number of rotatable bonds is 4. The molecule has 1 aliphatic heterocycles. The van der Waals surface area contributed by atoms with Crippen molar-refractivity contribution in [3.8, 4) is 11.8 Å². The first-order chi connectivity index (χ1) is 9.60. The van der Waals surface area contributed by atoms with Crippen LogP contribution in [0.5, 0.6) is 5.75 Å². The number of amides is 1. The number of ether oxygens (including phenoxy) is 1. The van der Waals surface area contributed by atoms with Crippen LogP contribution in [0.3, 0.4) is 0 Å². The number of Topliss-reactive ketones (excluding diaryl/α,β-unsaturated/α-hetero) is 1. The highest BCUT2D eigenvalue weighted by Gasteiger charge is 2.48. The van der Waals surface area contributed by atoms with Crippen LogP contribution in [0.15, 0.2) is 18.2 Å². The standard InChI is InChI=1S/C15H14N2O3/c1-20-10-2-3-12-11(8-10)13(18)14(19)17(12)9-15(4-5-15)6-7-16/h2-3,8H,4-6,9H2,1H3. The summed E-state index contributed by atoms with van der Waals surface area (Å²) < 4.78 is 5.08. The van der Waals surface area contributed by atoms with Gasteiger partial charge in [0.25, 0.3) is 11.7 Å². The molecule has 0 aromatic heterocycles. The van der Waals surface area contributed by atoms with E-state index in [1.165, 1.54) is 12.0 Å². The molecule has 1 heterocycles. The van der Waals surface area contributed by atoms with Crippen molar-refractivity contribution in [3.63, 3.8) is 0 Å². The van der Waals surface area contributed by atoms with Gasteiger partial charge in [0.15, 0.2) is 0 Å². The topological polar surface area (TPSA) is 70.4 Å². The molecule has 0 saturated heterocycles. The number of nitrogens with zero attached hydrogens (tertiary/aromatic N) is 2. The van der Waals surface area contributed by atoms with Gasteiger partial charge in [-0.1, -0.05) is 0 Å². The number of hydrogen-bond donors (Lipinski definition) is 0. The SMILES string of the molecule is COc1ccc2c(c1)C(=O)C(=O)N2CC1(CC#N)CC1. The van der Waals surface area contributed by atoms with Gasteiger partial charge in [-0.05, 0) is 31.0 Å². The predicted molar refractivity (Wildman–Crippen MR) is 71.6 cm³/mol. The van der Waals surface area contributed by atoms with E-state index >= 15 is 0 Å². The lowest BCUT2D eigenvalue weighted by atomic mass is 10.0. The van der Waals surface area contributed by atoms with Crippen molar-refractivity contribution in [1.82, 2.24) is 0 Å². The molecule has 0 spiro atoms. The normalized spacial score (nSPS) is 18.7. The molecule has 0 radical (unpaired) electrons. The molecule has 5 heteroatoms. The second kappa shape index (κ2) is 4.34. The lowest BCUT2D eigenvalue weighted by molar-refractivity contribution is -0.114. The summed E-state index contributed by atoms with van der Waals surface area (Å²) in [5, 5.41) is 8.86. The van der Waals surface area contributed by atoms with Gasteiger partial charge in [0.05, 0.1) is 24.4 Å². The monoisotopic (exact) mass is 270 g/mol. The molecule has 1 saturated carbocycles. The molecule has 1 amide bonds. The van der Waals surface area contributed by atoms with Crippen LogP contribution < -0.4 is 9.64 Å². The van der Waals surface area contributed by atoms with Gasteiger partial charge >= 0.3 is 0 Å². The molecule has 1 aromatic rings. The van der Waals surface area contributed by atoms with Crippen molar-refractivity contribution >= 4 is 17.4 Å². The third-order valence-corrected chi connectivity index (χ3v) is 4.08. The minimum atomic E-state index is -0.502. The van der Waals surface area contributed by atoms with Crippen molar-refractivity contribution in [3.05, 3.63) is 23.8 Å². The van der Waals surface area contributed by atoms with Crippen LogP contribution in [-0.4, -0.2) is 25.3 Å². The molecule has 102 valence electrons. The molecule has 1 aliphatic carbocycles. The summed E-state index contributed by atoms with van der Waals surface area (Å²) in [7, 11) is 1.52. The predicted octanol–water partition coefficient (Wildman–Crippen LogP) is 1.92. The summed E-state index contributed by atoms with van der Waals surface area (Å²) in [5.74, 6) is -0.436. The minimum absolute atomic E-state index is 0.119. The molecule has 0 unspecified atom stereocenters. The molecular formula is C15H14N2O3. The Kier molecular flexibility index (Phi) is 2.75. The lowest BCUT2D eigenvalue weighted by Crippen LogP contribution is -2.35. The molecule has 3 rings (SSSR count). The number of nitriles is 1. The second-order valence-electron chi connectivity index (χ2n) is 5.44. The van der Waals surface area contributed by atoms with Crippen molar-refractivity contribution in [2.75, 3.05) is 18.6 Å². The number of ketones is 1. The summed E-state index contributed by atoms with van der Waals surface area (Å²) in [6, 6.07) is 7.24.